The van der Waals surface area contributed by atoms with Crippen LogP contribution in [0.4, 0.5) is 0 Å². The molecule has 0 nitrogen and oxygen atoms in total. The van der Waals surface area contributed by atoms with Crippen LogP contribution in [0.2, 0.25) is 0 Å². The number of hydrogen-bond acceptors (Lipinski definition) is 1. The van der Waals surface area contributed by atoms with Gasteiger partial charge in [0.2, 0.25) is 0 Å². The molecule has 0 saturated heterocycles. The fourth-order valence-corrected chi connectivity index (χ4v) is 1.47. The van der Waals surface area contributed by atoms with Crippen LogP contribution in [0.3, 0.4) is 0 Å². The van der Waals surface area contributed by atoms with Crippen molar-refractivity contribution >= 4 is 11.8 Å². The van der Waals surface area contributed by atoms with Crippen LogP contribution in [0, 0.1) is 0 Å². The summed E-state index contributed by atoms with van der Waals surface area (Å²) in [6.07, 6.45) is 6.32. The molecule has 0 spiro atoms. The van der Waals surface area contributed by atoms with Crippen LogP contribution in [0.15, 0.2) is 35.1 Å². The van der Waals surface area contributed by atoms with Gasteiger partial charge in [-0.1, -0.05) is 18.7 Å². The number of unbranched alkanes of at least 4 members (excludes halogenated alkanes) is 1. The molecule has 1 heteroatoms. The molecule has 0 radical (unpaired) electrons. The molecule has 0 aliphatic rings. The smallest absolute Gasteiger partial charge is 0.0177 e. The minimum absolute atomic E-state index is 1.06. The lowest BCUT2D eigenvalue weighted by molar-refractivity contribution is 1.05. The SMILES string of the molecule is C=CCC/C=C(\C)SC(=C)C. The van der Waals surface area contributed by atoms with E-state index in [1.54, 1.807) is 11.8 Å². The zero-order valence-corrected chi connectivity index (χ0v) is 8.21. The van der Waals surface area contributed by atoms with Gasteiger partial charge in [0.1, 0.15) is 0 Å². The van der Waals surface area contributed by atoms with Crippen molar-refractivity contribution < 1.29 is 0 Å². The Hall–Kier alpha value is -0.430. The Bertz CT molecular complexity index is 166. The van der Waals surface area contributed by atoms with Crippen molar-refractivity contribution in [2.45, 2.75) is 26.7 Å². The Morgan fingerprint density at radius 2 is 2.00 bits per heavy atom. The van der Waals surface area contributed by atoms with Crippen molar-refractivity contribution in [2.75, 3.05) is 0 Å². The van der Waals surface area contributed by atoms with Crippen molar-refractivity contribution in [2.24, 2.45) is 0 Å². The summed E-state index contributed by atoms with van der Waals surface area (Å²) in [6, 6.07) is 0. The average Bonchev–Trinajstić information content (AvgIpc) is 1.86. The van der Waals surface area contributed by atoms with Gasteiger partial charge in [-0.25, -0.2) is 0 Å². The largest absolute Gasteiger partial charge is 0.103 e. The van der Waals surface area contributed by atoms with Gasteiger partial charge in [0.25, 0.3) is 0 Å². The summed E-state index contributed by atoms with van der Waals surface area (Å²) >= 11 is 1.74. The van der Waals surface area contributed by atoms with E-state index in [4.69, 9.17) is 0 Å². The quantitative estimate of drug-likeness (QED) is 0.439. The van der Waals surface area contributed by atoms with E-state index in [0.717, 1.165) is 17.7 Å². The predicted molar refractivity (Wildman–Crippen MR) is 55.6 cm³/mol. The second-order valence-electron chi connectivity index (χ2n) is 2.48. The van der Waals surface area contributed by atoms with Crippen LogP contribution in [0.5, 0.6) is 0 Å². The summed E-state index contributed by atoms with van der Waals surface area (Å²) in [5.41, 5.74) is 0. The van der Waals surface area contributed by atoms with Gasteiger partial charge in [-0.05, 0) is 36.5 Å². The summed E-state index contributed by atoms with van der Waals surface area (Å²) in [5, 5.41) is 0. The third kappa shape index (κ3) is 7.47. The molecule has 0 N–H and O–H groups in total. The van der Waals surface area contributed by atoms with Crippen LogP contribution in [-0.4, -0.2) is 0 Å². The molecule has 0 bridgehead atoms. The average molecular weight is 168 g/mol. The lowest BCUT2D eigenvalue weighted by atomic mass is 10.3. The van der Waals surface area contributed by atoms with Crippen molar-refractivity contribution in [1.82, 2.24) is 0 Å². The summed E-state index contributed by atoms with van der Waals surface area (Å²) in [4.78, 5) is 2.48. The monoisotopic (exact) mass is 168 g/mol. The van der Waals surface area contributed by atoms with E-state index in [-0.39, 0.29) is 0 Å². The molecule has 0 saturated carbocycles. The summed E-state index contributed by atoms with van der Waals surface area (Å²) in [6.45, 7) is 11.6. The van der Waals surface area contributed by atoms with E-state index in [0.29, 0.717) is 0 Å². The summed E-state index contributed by atoms with van der Waals surface area (Å²) < 4.78 is 0. The van der Waals surface area contributed by atoms with Gasteiger partial charge >= 0.3 is 0 Å². The molecule has 0 aliphatic carbocycles. The molecule has 0 aromatic carbocycles. The van der Waals surface area contributed by atoms with Crippen LogP contribution in [0.1, 0.15) is 26.7 Å². The Morgan fingerprint density at radius 3 is 2.45 bits per heavy atom. The van der Waals surface area contributed by atoms with Gasteiger partial charge in [0, 0.05) is 0 Å². The van der Waals surface area contributed by atoms with Gasteiger partial charge in [-0.3, -0.25) is 0 Å². The van der Waals surface area contributed by atoms with E-state index in [9.17, 15) is 0 Å². The molecule has 0 aliphatic heterocycles. The molecule has 62 valence electrons. The van der Waals surface area contributed by atoms with Crippen LogP contribution < -0.4 is 0 Å². The third-order valence-electron chi connectivity index (χ3n) is 1.14. The lowest BCUT2D eigenvalue weighted by Gasteiger charge is -1.98. The van der Waals surface area contributed by atoms with Crippen LogP contribution >= 0.6 is 11.8 Å². The number of rotatable bonds is 5. The standard InChI is InChI=1S/C10H16S/c1-5-6-7-8-10(4)11-9(2)3/h5,8H,1-2,6-7H2,3-4H3/b10-8+. The first kappa shape index (κ1) is 10.6. The van der Waals surface area contributed by atoms with E-state index in [1.807, 2.05) is 13.0 Å². The maximum absolute atomic E-state index is 3.83. The van der Waals surface area contributed by atoms with E-state index in [1.165, 1.54) is 4.91 Å². The molecule has 11 heavy (non-hydrogen) atoms. The first-order valence-corrected chi connectivity index (χ1v) is 4.59. The molecular weight excluding hydrogens is 152 g/mol. The minimum atomic E-state index is 1.06. The second kappa shape index (κ2) is 6.29. The minimum Gasteiger partial charge on any atom is -0.103 e. The highest BCUT2D eigenvalue weighted by atomic mass is 32.2. The first-order chi connectivity index (χ1) is 5.16. The summed E-state index contributed by atoms with van der Waals surface area (Å²) in [5.74, 6) is 0. The van der Waals surface area contributed by atoms with E-state index < -0.39 is 0 Å². The molecule has 0 fully saturated rings. The van der Waals surface area contributed by atoms with Crippen molar-refractivity contribution in [1.29, 1.82) is 0 Å². The third-order valence-corrected chi connectivity index (χ3v) is 1.97. The van der Waals surface area contributed by atoms with Gasteiger partial charge in [-0.15, -0.1) is 18.3 Å². The zero-order chi connectivity index (χ0) is 8.69. The number of hydrogen-bond donors (Lipinski definition) is 0. The van der Waals surface area contributed by atoms with Crippen LogP contribution in [0.25, 0.3) is 0 Å². The molecule has 0 rings (SSSR count). The van der Waals surface area contributed by atoms with Crippen molar-refractivity contribution in [3.63, 3.8) is 0 Å². The fraction of sp³-hybridized carbons (Fsp3) is 0.400. The van der Waals surface area contributed by atoms with Gasteiger partial charge in [0.15, 0.2) is 0 Å². The lowest BCUT2D eigenvalue weighted by Crippen LogP contribution is -1.69. The first-order valence-electron chi connectivity index (χ1n) is 3.78. The predicted octanol–water partition coefficient (Wildman–Crippen LogP) is 4.12. The fourth-order valence-electron chi connectivity index (χ4n) is 0.721. The Balaban J connectivity index is 3.62. The van der Waals surface area contributed by atoms with Crippen molar-refractivity contribution in [3.8, 4) is 0 Å². The molecule has 0 aromatic heterocycles. The number of allylic oxidation sites excluding steroid dienone is 4. The van der Waals surface area contributed by atoms with Gasteiger partial charge < -0.3 is 0 Å². The van der Waals surface area contributed by atoms with E-state index in [2.05, 4.69) is 26.2 Å². The summed E-state index contributed by atoms with van der Waals surface area (Å²) in [7, 11) is 0. The molecule has 0 aromatic rings. The molecule has 0 atom stereocenters. The Kier molecular flexibility index (Phi) is 6.05. The normalized spacial score (nSPS) is 11.3. The maximum atomic E-state index is 3.83. The number of thioether (sulfide) groups is 1. The molecule has 0 unspecified atom stereocenters. The zero-order valence-electron chi connectivity index (χ0n) is 7.39. The Morgan fingerprint density at radius 1 is 1.36 bits per heavy atom. The van der Waals surface area contributed by atoms with E-state index >= 15 is 0 Å². The highest BCUT2D eigenvalue weighted by molar-refractivity contribution is 8.06. The molecular formula is C10H16S. The Labute approximate surface area is 74.1 Å². The maximum Gasteiger partial charge on any atom is -0.0177 e. The second-order valence-corrected chi connectivity index (χ2v) is 4.03. The van der Waals surface area contributed by atoms with Crippen LogP contribution in [-0.2, 0) is 0 Å². The topological polar surface area (TPSA) is 0 Å². The highest BCUT2D eigenvalue weighted by Gasteiger charge is 1.89. The molecule has 0 heterocycles. The highest BCUT2D eigenvalue weighted by Crippen LogP contribution is 2.22. The van der Waals surface area contributed by atoms with Gasteiger partial charge in [0.05, 0.1) is 0 Å². The van der Waals surface area contributed by atoms with Crippen molar-refractivity contribution in [3.05, 3.63) is 35.1 Å². The molecule has 0 amide bonds. The van der Waals surface area contributed by atoms with Gasteiger partial charge in [-0.2, -0.15) is 0 Å².